The summed E-state index contributed by atoms with van der Waals surface area (Å²) in [4.78, 5) is 4.62. The lowest BCUT2D eigenvalue weighted by molar-refractivity contribution is 0.313. The van der Waals surface area contributed by atoms with Crippen molar-refractivity contribution >= 4 is 0 Å². The van der Waals surface area contributed by atoms with E-state index in [1.165, 1.54) is 0 Å². The van der Waals surface area contributed by atoms with Crippen LogP contribution >= 0.6 is 0 Å². The summed E-state index contributed by atoms with van der Waals surface area (Å²) in [6.45, 7) is 8.97. The minimum absolute atomic E-state index is 0.333. The molecule has 0 saturated carbocycles. The second-order valence-electron chi connectivity index (χ2n) is 6.29. The minimum Gasteiger partial charge on any atom is -0.493 e. The van der Waals surface area contributed by atoms with Gasteiger partial charge in [0.1, 0.15) is 5.75 Å². The highest BCUT2D eigenvalue weighted by Gasteiger charge is 2.22. The molecule has 1 unspecified atom stereocenters. The third-order valence-electron chi connectivity index (χ3n) is 4.26. The number of hydrogen-bond acceptors (Lipinski definition) is 5. The summed E-state index contributed by atoms with van der Waals surface area (Å²) in [5.74, 6) is 2.71. The van der Waals surface area contributed by atoms with Gasteiger partial charge in [-0.3, -0.25) is 0 Å². The number of piperidine rings is 1. The van der Waals surface area contributed by atoms with Crippen molar-refractivity contribution in [3.8, 4) is 17.1 Å². The van der Waals surface area contributed by atoms with Crippen LogP contribution < -0.4 is 10.1 Å². The smallest absolute Gasteiger partial charge is 0.231 e. The largest absolute Gasteiger partial charge is 0.493 e. The second kappa shape index (κ2) is 7.13. The molecule has 1 N–H and O–H groups in total. The first-order valence-electron chi connectivity index (χ1n) is 8.47. The molecule has 1 saturated heterocycles. The van der Waals surface area contributed by atoms with Crippen LogP contribution in [0.25, 0.3) is 11.4 Å². The average molecular weight is 315 g/mol. The number of nitrogens with one attached hydrogen (secondary N) is 1. The van der Waals surface area contributed by atoms with Gasteiger partial charge in [-0.05, 0) is 62.9 Å². The van der Waals surface area contributed by atoms with Gasteiger partial charge < -0.3 is 14.6 Å². The van der Waals surface area contributed by atoms with E-state index < -0.39 is 0 Å². The van der Waals surface area contributed by atoms with Crippen LogP contribution in [0.15, 0.2) is 16.7 Å². The summed E-state index contributed by atoms with van der Waals surface area (Å²) in [5, 5.41) is 7.56. The summed E-state index contributed by atoms with van der Waals surface area (Å²) in [6, 6.07) is 4.15. The van der Waals surface area contributed by atoms with Gasteiger partial charge in [0.25, 0.3) is 0 Å². The summed E-state index contributed by atoms with van der Waals surface area (Å²) in [6.07, 6.45) is 3.27. The molecule has 5 heteroatoms. The number of nitrogens with zero attached hydrogens (tertiary/aromatic N) is 2. The zero-order valence-electron chi connectivity index (χ0n) is 14.2. The molecule has 1 aliphatic rings. The predicted octanol–water partition coefficient (Wildman–Crippen LogP) is 3.61. The number of ether oxygens (including phenoxy) is 1. The fraction of sp³-hybridized carbons (Fsp3) is 0.556. The lowest BCUT2D eigenvalue weighted by Crippen LogP contribution is -2.28. The molecule has 0 amide bonds. The van der Waals surface area contributed by atoms with Gasteiger partial charge in [-0.1, -0.05) is 12.1 Å². The van der Waals surface area contributed by atoms with Crippen LogP contribution in [0.3, 0.4) is 0 Å². The molecule has 1 aromatic heterocycles. The highest BCUT2D eigenvalue weighted by Crippen LogP contribution is 2.30. The van der Waals surface area contributed by atoms with E-state index in [0.717, 1.165) is 67.3 Å². The van der Waals surface area contributed by atoms with Crippen molar-refractivity contribution in [2.75, 3.05) is 19.7 Å². The Balaban J connectivity index is 1.83. The van der Waals surface area contributed by atoms with E-state index in [-0.39, 0.29) is 0 Å². The number of hydrogen-bond donors (Lipinski definition) is 1. The normalized spacial score (nSPS) is 18.1. The molecule has 0 aliphatic carbocycles. The molecule has 1 atom stereocenters. The molecule has 0 bridgehead atoms. The summed E-state index contributed by atoms with van der Waals surface area (Å²) in [5.41, 5.74) is 3.21. The maximum Gasteiger partial charge on any atom is 0.231 e. The van der Waals surface area contributed by atoms with Crippen LogP contribution in [-0.2, 0) is 0 Å². The topological polar surface area (TPSA) is 60.2 Å². The zero-order chi connectivity index (χ0) is 16.2. The summed E-state index contributed by atoms with van der Waals surface area (Å²) in [7, 11) is 0. The Labute approximate surface area is 137 Å². The van der Waals surface area contributed by atoms with Crippen molar-refractivity contribution in [3.05, 3.63) is 29.2 Å². The molecular weight excluding hydrogens is 290 g/mol. The third kappa shape index (κ3) is 3.55. The zero-order valence-corrected chi connectivity index (χ0v) is 14.2. The highest BCUT2D eigenvalue weighted by atomic mass is 16.5. The van der Waals surface area contributed by atoms with Crippen molar-refractivity contribution in [2.24, 2.45) is 0 Å². The molecule has 1 aromatic carbocycles. The van der Waals surface area contributed by atoms with Gasteiger partial charge in [-0.2, -0.15) is 4.98 Å². The maximum absolute atomic E-state index is 5.84. The van der Waals surface area contributed by atoms with E-state index in [2.05, 4.69) is 48.4 Å². The van der Waals surface area contributed by atoms with Crippen molar-refractivity contribution in [3.63, 3.8) is 0 Å². The molecule has 1 fully saturated rings. The lowest BCUT2D eigenvalue weighted by Gasteiger charge is -2.18. The fourth-order valence-electron chi connectivity index (χ4n) is 3.09. The molecule has 0 spiro atoms. The van der Waals surface area contributed by atoms with Crippen LogP contribution in [0.4, 0.5) is 0 Å². The molecule has 5 nitrogen and oxygen atoms in total. The van der Waals surface area contributed by atoms with Crippen molar-refractivity contribution < 1.29 is 9.26 Å². The Hall–Kier alpha value is -1.88. The summed E-state index contributed by atoms with van der Waals surface area (Å²) >= 11 is 0. The van der Waals surface area contributed by atoms with E-state index in [9.17, 15) is 0 Å². The molecule has 2 heterocycles. The van der Waals surface area contributed by atoms with Gasteiger partial charge >= 0.3 is 0 Å². The molecule has 23 heavy (non-hydrogen) atoms. The average Bonchev–Trinajstić information content (AvgIpc) is 3.05. The first-order valence-corrected chi connectivity index (χ1v) is 8.47. The van der Waals surface area contributed by atoms with E-state index in [4.69, 9.17) is 9.26 Å². The molecule has 1 aliphatic heterocycles. The van der Waals surface area contributed by atoms with Crippen LogP contribution in [-0.4, -0.2) is 29.8 Å². The van der Waals surface area contributed by atoms with Crippen LogP contribution in [0, 0.1) is 13.8 Å². The Kier molecular flexibility index (Phi) is 4.96. The Morgan fingerprint density at radius 2 is 2.09 bits per heavy atom. The number of benzene rings is 1. The molecule has 3 rings (SSSR count). The first-order chi connectivity index (χ1) is 11.2. The van der Waals surface area contributed by atoms with Gasteiger partial charge in [-0.15, -0.1) is 0 Å². The van der Waals surface area contributed by atoms with E-state index in [1.807, 2.05) is 0 Å². The maximum atomic E-state index is 5.84. The Bertz CT molecular complexity index is 637. The SMILES string of the molecule is CCCOc1c(C)cc(-c2noc(C3CCCNC3)n2)cc1C. The molecule has 2 aromatic rings. The minimum atomic E-state index is 0.333. The van der Waals surface area contributed by atoms with Crippen molar-refractivity contribution in [1.29, 1.82) is 0 Å². The predicted molar refractivity (Wildman–Crippen MR) is 89.8 cm³/mol. The van der Waals surface area contributed by atoms with Gasteiger partial charge in [0.15, 0.2) is 0 Å². The van der Waals surface area contributed by atoms with Crippen LogP contribution in [0.1, 0.15) is 49.1 Å². The molecular formula is C18H25N3O2. The van der Waals surface area contributed by atoms with Crippen molar-refractivity contribution in [2.45, 2.75) is 46.0 Å². The Morgan fingerprint density at radius 1 is 1.30 bits per heavy atom. The van der Waals surface area contributed by atoms with Gasteiger partial charge in [-0.25, -0.2) is 0 Å². The lowest BCUT2D eigenvalue weighted by atomic mass is 10.00. The van der Waals surface area contributed by atoms with Gasteiger partial charge in [0, 0.05) is 12.1 Å². The van der Waals surface area contributed by atoms with Gasteiger partial charge in [0.05, 0.1) is 12.5 Å². The second-order valence-corrected chi connectivity index (χ2v) is 6.29. The standard InChI is InChI=1S/C18H25N3O2/c1-4-8-22-16-12(2)9-15(10-13(16)3)17-20-18(23-21-17)14-6-5-7-19-11-14/h9-10,14,19H,4-8,11H2,1-3H3. The third-order valence-corrected chi connectivity index (χ3v) is 4.26. The van der Waals surface area contributed by atoms with E-state index in [1.54, 1.807) is 0 Å². The Morgan fingerprint density at radius 3 is 2.74 bits per heavy atom. The molecule has 124 valence electrons. The molecule has 0 radical (unpaired) electrons. The monoisotopic (exact) mass is 315 g/mol. The van der Waals surface area contributed by atoms with E-state index in [0.29, 0.717) is 11.7 Å². The summed E-state index contributed by atoms with van der Waals surface area (Å²) < 4.78 is 11.3. The van der Waals surface area contributed by atoms with Gasteiger partial charge in [0.2, 0.25) is 11.7 Å². The quantitative estimate of drug-likeness (QED) is 0.913. The first kappa shape index (κ1) is 16.0. The fourth-order valence-corrected chi connectivity index (χ4v) is 3.09. The number of rotatable bonds is 5. The number of aryl methyl sites for hydroxylation is 2. The van der Waals surface area contributed by atoms with E-state index >= 15 is 0 Å². The van der Waals surface area contributed by atoms with Crippen LogP contribution in [0.5, 0.6) is 5.75 Å². The van der Waals surface area contributed by atoms with Crippen molar-refractivity contribution in [1.82, 2.24) is 15.5 Å². The van der Waals surface area contributed by atoms with Crippen LogP contribution in [0.2, 0.25) is 0 Å². The number of aromatic nitrogens is 2. The highest BCUT2D eigenvalue weighted by molar-refractivity contribution is 5.61.